The van der Waals surface area contributed by atoms with Crippen molar-refractivity contribution in [3.8, 4) is 0 Å². The minimum absolute atomic E-state index is 0.0379. The summed E-state index contributed by atoms with van der Waals surface area (Å²) in [5.74, 6) is -7.34. The van der Waals surface area contributed by atoms with Gasteiger partial charge in [-0.3, -0.25) is 9.59 Å². The van der Waals surface area contributed by atoms with Gasteiger partial charge in [-0.1, -0.05) is 6.92 Å². The number of benzene rings is 1. The number of hydrogen-bond acceptors (Lipinski definition) is 2. The third kappa shape index (κ3) is 3.17. The number of anilines is 1. The lowest BCUT2D eigenvalue weighted by molar-refractivity contribution is -0.145. The van der Waals surface area contributed by atoms with Crippen molar-refractivity contribution in [1.82, 2.24) is 0 Å². The molecule has 21 heavy (non-hydrogen) atoms. The summed E-state index contributed by atoms with van der Waals surface area (Å²) < 4.78 is 39.6. The first-order valence-corrected chi connectivity index (χ1v) is 6.47. The molecule has 2 rings (SSSR count). The fourth-order valence-corrected chi connectivity index (χ4v) is 2.73. The first-order chi connectivity index (χ1) is 9.79. The van der Waals surface area contributed by atoms with Crippen LogP contribution in [-0.4, -0.2) is 17.0 Å². The molecule has 0 saturated heterocycles. The number of carbonyl (C=O) groups excluding carboxylic acids is 1. The highest BCUT2D eigenvalue weighted by Crippen LogP contribution is 2.37. The van der Waals surface area contributed by atoms with Gasteiger partial charge in [-0.2, -0.15) is 0 Å². The summed E-state index contributed by atoms with van der Waals surface area (Å²) in [5.41, 5.74) is -0.624. The Bertz CT molecular complexity index is 591. The molecule has 1 aromatic carbocycles. The summed E-state index contributed by atoms with van der Waals surface area (Å²) in [4.78, 5) is 23.2. The minimum atomic E-state index is -1.42. The topological polar surface area (TPSA) is 66.4 Å². The predicted octanol–water partition coefficient (Wildman–Crippen LogP) is 2.79. The molecule has 4 nitrogen and oxygen atoms in total. The number of hydrogen-bond donors (Lipinski definition) is 2. The van der Waals surface area contributed by atoms with E-state index in [1.807, 2.05) is 6.92 Å². The maximum Gasteiger partial charge on any atom is 0.307 e. The van der Waals surface area contributed by atoms with E-state index in [2.05, 4.69) is 5.32 Å². The molecule has 1 saturated carbocycles. The van der Waals surface area contributed by atoms with E-state index < -0.39 is 46.9 Å². The summed E-state index contributed by atoms with van der Waals surface area (Å²) in [5, 5.41) is 11.2. The van der Waals surface area contributed by atoms with Crippen molar-refractivity contribution < 1.29 is 27.9 Å². The van der Waals surface area contributed by atoms with Crippen LogP contribution in [0.4, 0.5) is 18.9 Å². The third-order valence-corrected chi connectivity index (χ3v) is 3.70. The zero-order valence-corrected chi connectivity index (χ0v) is 11.2. The Labute approximate surface area is 119 Å². The molecule has 3 unspecified atom stereocenters. The van der Waals surface area contributed by atoms with E-state index >= 15 is 0 Å². The van der Waals surface area contributed by atoms with Gasteiger partial charge < -0.3 is 10.4 Å². The van der Waals surface area contributed by atoms with E-state index in [1.54, 1.807) is 0 Å². The molecule has 1 amide bonds. The van der Waals surface area contributed by atoms with Crippen molar-refractivity contribution in [1.29, 1.82) is 0 Å². The van der Waals surface area contributed by atoms with Crippen molar-refractivity contribution in [3.63, 3.8) is 0 Å². The molecule has 0 heterocycles. The van der Waals surface area contributed by atoms with Crippen LogP contribution in [0.1, 0.15) is 19.8 Å². The van der Waals surface area contributed by atoms with Crippen LogP contribution in [0.3, 0.4) is 0 Å². The molecule has 0 bridgehead atoms. The summed E-state index contributed by atoms with van der Waals surface area (Å²) in [6.07, 6.45) is 0.676. The Morgan fingerprint density at radius 3 is 2.43 bits per heavy atom. The van der Waals surface area contributed by atoms with Crippen molar-refractivity contribution >= 4 is 17.6 Å². The van der Waals surface area contributed by atoms with Gasteiger partial charge in [0.05, 0.1) is 17.5 Å². The Morgan fingerprint density at radius 1 is 1.19 bits per heavy atom. The molecule has 3 atom stereocenters. The zero-order chi connectivity index (χ0) is 15.7. The number of nitrogens with one attached hydrogen (secondary N) is 1. The summed E-state index contributed by atoms with van der Waals surface area (Å²) in [6.45, 7) is 1.81. The Kier molecular flexibility index (Phi) is 4.20. The number of carboxylic acid groups (broad SMARTS) is 1. The Balaban J connectivity index is 2.20. The molecule has 2 N–H and O–H groups in total. The lowest BCUT2D eigenvalue weighted by Crippen LogP contribution is -2.30. The third-order valence-electron chi connectivity index (χ3n) is 3.70. The molecular weight excluding hydrogens is 287 g/mol. The predicted molar refractivity (Wildman–Crippen MR) is 68.0 cm³/mol. The molecule has 1 aliphatic rings. The molecule has 0 spiro atoms. The van der Waals surface area contributed by atoms with Gasteiger partial charge in [0.25, 0.3) is 0 Å². The SMILES string of the molecule is CC1CC(C(=O)O)C(C(=O)Nc2cc(F)cc(F)c2F)C1. The molecular formula is C14H14F3NO3. The largest absolute Gasteiger partial charge is 0.481 e. The van der Waals surface area contributed by atoms with E-state index in [0.717, 1.165) is 0 Å². The van der Waals surface area contributed by atoms with E-state index in [9.17, 15) is 22.8 Å². The number of aliphatic carboxylic acids is 1. The highest BCUT2D eigenvalue weighted by molar-refractivity contribution is 5.95. The number of amides is 1. The standard InChI is InChI=1S/C14H14F3NO3/c1-6-2-8(9(3-6)14(20)21)13(19)18-11-5-7(15)4-10(16)12(11)17/h4-6,8-9H,2-3H2,1H3,(H,18,19)(H,20,21). The second-order valence-corrected chi connectivity index (χ2v) is 5.37. The summed E-state index contributed by atoms with van der Waals surface area (Å²) in [6, 6.07) is 1.02. The van der Waals surface area contributed by atoms with Crippen LogP contribution in [0.25, 0.3) is 0 Å². The van der Waals surface area contributed by atoms with E-state index in [4.69, 9.17) is 5.11 Å². The summed E-state index contributed by atoms with van der Waals surface area (Å²) in [7, 11) is 0. The van der Waals surface area contributed by atoms with Gasteiger partial charge in [-0.15, -0.1) is 0 Å². The Morgan fingerprint density at radius 2 is 1.81 bits per heavy atom. The van der Waals surface area contributed by atoms with Gasteiger partial charge >= 0.3 is 5.97 Å². The second kappa shape index (κ2) is 5.75. The second-order valence-electron chi connectivity index (χ2n) is 5.37. The average Bonchev–Trinajstić information content (AvgIpc) is 2.77. The number of carbonyl (C=O) groups is 2. The molecule has 1 fully saturated rings. The number of halogens is 3. The van der Waals surface area contributed by atoms with Gasteiger partial charge in [-0.25, -0.2) is 13.2 Å². The van der Waals surface area contributed by atoms with Crippen molar-refractivity contribution in [3.05, 3.63) is 29.6 Å². The maximum atomic E-state index is 13.5. The van der Waals surface area contributed by atoms with Gasteiger partial charge in [0.2, 0.25) is 5.91 Å². The smallest absolute Gasteiger partial charge is 0.307 e. The van der Waals surface area contributed by atoms with Crippen LogP contribution in [-0.2, 0) is 9.59 Å². The molecule has 0 radical (unpaired) electrons. The van der Waals surface area contributed by atoms with E-state index in [-0.39, 0.29) is 5.92 Å². The quantitative estimate of drug-likeness (QED) is 0.844. The highest BCUT2D eigenvalue weighted by atomic mass is 19.2. The van der Waals surface area contributed by atoms with E-state index in [1.165, 1.54) is 0 Å². The zero-order valence-electron chi connectivity index (χ0n) is 11.2. The molecule has 7 heteroatoms. The lowest BCUT2D eigenvalue weighted by atomic mass is 9.95. The van der Waals surface area contributed by atoms with Gasteiger partial charge in [0.15, 0.2) is 11.6 Å². The van der Waals surface area contributed by atoms with Crippen LogP contribution in [0, 0.1) is 35.2 Å². The molecule has 0 aliphatic heterocycles. The first kappa shape index (κ1) is 15.3. The fourth-order valence-electron chi connectivity index (χ4n) is 2.73. The van der Waals surface area contributed by atoms with Crippen LogP contribution in [0.5, 0.6) is 0 Å². The average molecular weight is 301 g/mol. The molecule has 1 aliphatic carbocycles. The first-order valence-electron chi connectivity index (χ1n) is 6.47. The van der Waals surface area contributed by atoms with Gasteiger partial charge in [-0.05, 0) is 18.8 Å². The van der Waals surface area contributed by atoms with E-state index in [0.29, 0.717) is 25.0 Å². The maximum absolute atomic E-state index is 13.5. The number of carboxylic acids is 1. The van der Waals surface area contributed by atoms with Crippen LogP contribution in [0.2, 0.25) is 0 Å². The minimum Gasteiger partial charge on any atom is -0.481 e. The van der Waals surface area contributed by atoms with Crippen LogP contribution in [0.15, 0.2) is 12.1 Å². The summed E-state index contributed by atoms with van der Waals surface area (Å²) >= 11 is 0. The molecule has 1 aromatic rings. The van der Waals surface area contributed by atoms with Crippen LogP contribution < -0.4 is 5.32 Å². The van der Waals surface area contributed by atoms with Crippen LogP contribution >= 0.6 is 0 Å². The van der Waals surface area contributed by atoms with Crippen molar-refractivity contribution in [2.45, 2.75) is 19.8 Å². The van der Waals surface area contributed by atoms with Gasteiger partial charge in [0, 0.05) is 12.1 Å². The lowest BCUT2D eigenvalue weighted by Gasteiger charge is -2.16. The Hall–Kier alpha value is -2.05. The monoisotopic (exact) mass is 301 g/mol. The highest BCUT2D eigenvalue weighted by Gasteiger charge is 2.41. The molecule has 0 aromatic heterocycles. The number of rotatable bonds is 3. The fraction of sp³-hybridized carbons (Fsp3) is 0.429. The van der Waals surface area contributed by atoms with Crippen molar-refractivity contribution in [2.24, 2.45) is 17.8 Å². The molecule has 114 valence electrons. The van der Waals surface area contributed by atoms with Gasteiger partial charge in [0.1, 0.15) is 5.82 Å². The normalized spacial score (nSPS) is 24.9. The van der Waals surface area contributed by atoms with Crippen molar-refractivity contribution in [2.75, 3.05) is 5.32 Å².